The fourth-order valence-corrected chi connectivity index (χ4v) is 7.63. The lowest BCUT2D eigenvalue weighted by Crippen LogP contribution is -2.02. The number of hydrogen-bond acceptors (Lipinski definition) is 0. The van der Waals surface area contributed by atoms with Crippen molar-refractivity contribution in [2.45, 2.75) is 48.5 Å². The van der Waals surface area contributed by atoms with Crippen LogP contribution in [0.2, 0.25) is 5.02 Å². The quantitative estimate of drug-likeness (QED) is 0.172. The van der Waals surface area contributed by atoms with Gasteiger partial charge >= 0.3 is 0 Å². The van der Waals surface area contributed by atoms with E-state index in [9.17, 15) is 0 Å². The summed E-state index contributed by atoms with van der Waals surface area (Å²) >= 11 is 18.7. The lowest BCUT2D eigenvalue weighted by Gasteiger charge is -2.27. The fraction of sp³-hybridized carbons (Fsp3) is 0.189. The lowest BCUT2D eigenvalue weighted by molar-refractivity contribution is 1.33. The van der Waals surface area contributed by atoms with Crippen LogP contribution in [0.1, 0.15) is 38.9 Å². The Morgan fingerprint density at radius 1 is 0.463 bits per heavy atom. The third-order valence-corrected chi connectivity index (χ3v) is 11.5. The van der Waals surface area contributed by atoms with Crippen LogP contribution in [0.5, 0.6) is 0 Å². The SMILES string of the molecule is Cc1ccc(-c2c(-c3cc(C)c(Cl)c(C)c3)c(C)c(-c3cccc(C)c3Br)c(Br)c2-c2cccc(Br)c2C)cc1C. The molecule has 5 rings (SSSR count). The standard InChI is InChI=1S/C37H32Br3Cl/c1-19-14-15-26(16-21(19)3)33-31(27-17-22(4)37(41)23(5)18-27)25(7)32(29-12-8-10-20(2)35(29)39)36(40)34(33)28-11-9-13-30(38)24(28)6/h8-18H,1-7H3. The number of hydrogen-bond donors (Lipinski definition) is 0. The topological polar surface area (TPSA) is 0 Å². The van der Waals surface area contributed by atoms with Crippen molar-refractivity contribution in [2.75, 3.05) is 0 Å². The maximum absolute atomic E-state index is 6.71. The maximum atomic E-state index is 6.71. The number of rotatable bonds is 4. The van der Waals surface area contributed by atoms with Crippen molar-refractivity contribution in [2.24, 2.45) is 0 Å². The first-order valence-corrected chi connectivity index (χ1v) is 16.4. The summed E-state index contributed by atoms with van der Waals surface area (Å²) in [6.45, 7) is 15.1. The van der Waals surface area contributed by atoms with E-state index in [2.05, 4.69) is 163 Å². The van der Waals surface area contributed by atoms with Crippen LogP contribution >= 0.6 is 59.4 Å². The summed E-state index contributed by atoms with van der Waals surface area (Å²) in [7, 11) is 0. The second-order valence-electron chi connectivity index (χ2n) is 11.0. The Morgan fingerprint density at radius 2 is 1.07 bits per heavy atom. The number of benzene rings is 5. The van der Waals surface area contributed by atoms with Crippen LogP contribution in [-0.4, -0.2) is 0 Å². The average molecular weight is 752 g/mol. The molecule has 4 heteroatoms. The molecule has 5 aromatic rings. The zero-order valence-corrected chi connectivity index (χ0v) is 29.9. The van der Waals surface area contributed by atoms with Crippen LogP contribution in [0.4, 0.5) is 0 Å². The third-order valence-electron chi connectivity index (χ3n) is 8.21. The van der Waals surface area contributed by atoms with Crippen LogP contribution in [-0.2, 0) is 0 Å². The van der Waals surface area contributed by atoms with Gasteiger partial charge in [0, 0.05) is 29.6 Å². The second kappa shape index (κ2) is 11.8. The summed E-state index contributed by atoms with van der Waals surface area (Å²) in [5.74, 6) is 0. The van der Waals surface area contributed by atoms with Crippen molar-refractivity contribution in [3.63, 3.8) is 0 Å². The highest BCUT2D eigenvalue weighted by Crippen LogP contribution is 2.53. The van der Waals surface area contributed by atoms with Crippen molar-refractivity contribution in [3.05, 3.63) is 124 Å². The Bertz CT molecular complexity index is 1830. The van der Waals surface area contributed by atoms with Crippen LogP contribution in [0, 0.1) is 48.5 Å². The number of halogens is 4. The highest BCUT2D eigenvalue weighted by molar-refractivity contribution is 9.11. The van der Waals surface area contributed by atoms with Gasteiger partial charge in [0.05, 0.1) is 0 Å². The zero-order chi connectivity index (χ0) is 29.7. The van der Waals surface area contributed by atoms with E-state index in [-0.39, 0.29) is 0 Å². The Labute approximate surface area is 274 Å². The van der Waals surface area contributed by atoms with Gasteiger partial charge in [-0.2, -0.15) is 0 Å². The van der Waals surface area contributed by atoms with Crippen LogP contribution < -0.4 is 0 Å². The monoisotopic (exact) mass is 748 g/mol. The molecule has 0 atom stereocenters. The van der Waals surface area contributed by atoms with Gasteiger partial charge in [0.15, 0.2) is 0 Å². The highest BCUT2D eigenvalue weighted by atomic mass is 79.9. The molecule has 0 spiro atoms. The van der Waals surface area contributed by atoms with Crippen molar-refractivity contribution < 1.29 is 0 Å². The molecule has 0 saturated carbocycles. The predicted octanol–water partition coefficient (Wildman–Crippen LogP) is 13.5. The summed E-state index contributed by atoms with van der Waals surface area (Å²) in [6, 6.07) is 24.3. The Kier molecular flexibility index (Phi) is 8.75. The predicted molar refractivity (Wildman–Crippen MR) is 189 cm³/mol. The zero-order valence-electron chi connectivity index (χ0n) is 24.4. The second-order valence-corrected chi connectivity index (χ2v) is 13.8. The molecule has 0 unspecified atom stereocenters. The molecule has 0 bridgehead atoms. The third kappa shape index (κ3) is 5.40. The minimum absolute atomic E-state index is 0.820. The summed E-state index contributed by atoms with van der Waals surface area (Å²) in [5.41, 5.74) is 17.8. The minimum Gasteiger partial charge on any atom is -0.0838 e. The van der Waals surface area contributed by atoms with Crippen LogP contribution in [0.15, 0.2) is 80.1 Å². The van der Waals surface area contributed by atoms with Gasteiger partial charge in [-0.3, -0.25) is 0 Å². The molecule has 0 saturated heterocycles. The molecule has 5 aromatic carbocycles. The molecule has 0 heterocycles. The molecular formula is C37H32Br3Cl. The fourth-order valence-electron chi connectivity index (χ4n) is 5.77. The molecule has 0 aliphatic carbocycles. The minimum atomic E-state index is 0.820. The molecule has 208 valence electrons. The molecule has 0 aromatic heterocycles. The first kappa shape index (κ1) is 30.3. The first-order chi connectivity index (χ1) is 19.4. The van der Waals surface area contributed by atoms with E-state index in [1.807, 2.05) is 0 Å². The molecule has 0 fully saturated rings. The Hall–Kier alpha value is -2.17. The molecule has 41 heavy (non-hydrogen) atoms. The van der Waals surface area contributed by atoms with Gasteiger partial charge in [-0.25, -0.2) is 0 Å². The normalized spacial score (nSPS) is 11.3. The number of aryl methyl sites for hydroxylation is 5. The smallest absolute Gasteiger partial charge is 0.0464 e. The summed E-state index contributed by atoms with van der Waals surface area (Å²) < 4.78 is 3.28. The van der Waals surface area contributed by atoms with Gasteiger partial charge in [0.1, 0.15) is 0 Å². The van der Waals surface area contributed by atoms with Gasteiger partial charge in [-0.1, -0.05) is 76.1 Å². The summed E-state index contributed by atoms with van der Waals surface area (Å²) in [5, 5.41) is 0.820. The van der Waals surface area contributed by atoms with E-state index in [4.69, 9.17) is 11.6 Å². The lowest BCUT2D eigenvalue weighted by atomic mass is 9.79. The van der Waals surface area contributed by atoms with Crippen molar-refractivity contribution in [3.8, 4) is 44.5 Å². The van der Waals surface area contributed by atoms with Gasteiger partial charge in [0.25, 0.3) is 0 Å². The average Bonchev–Trinajstić information content (AvgIpc) is 2.92. The van der Waals surface area contributed by atoms with Crippen LogP contribution in [0.25, 0.3) is 44.5 Å². The molecule has 0 aliphatic heterocycles. The van der Waals surface area contributed by atoms with Crippen molar-refractivity contribution in [1.29, 1.82) is 0 Å². The summed E-state index contributed by atoms with van der Waals surface area (Å²) in [6.07, 6.45) is 0. The van der Waals surface area contributed by atoms with E-state index in [1.54, 1.807) is 0 Å². The Balaban J connectivity index is 2.08. The van der Waals surface area contributed by atoms with E-state index in [1.165, 1.54) is 72.3 Å². The molecule has 0 nitrogen and oxygen atoms in total. The molecule has 0 amide bonds. The first-order valence-electron chi connectivity index (χ1n) is 13.6. The van der Waals surface area contributed by atoms with E-state index < -0.39 is 0 Å². The van der Waals surface area contributed by atoms with Gasteiger partial charge in [0.2, 0.25) is 0 Å². The highest BCUT2D eigenvalue weighted by Gasteiger charge is 2.27. The molecule has 0 aliphatic rings. The molecule has 0 radical (unpaired) electrons. The van der Waals surface area contributed by atoms with Gasteiger partial charge in [-0.05, 0) is 171 Å². The van der Waals surface area contributed by atoms with Crippen LogP contribution in [0.3, 0.4) is 0 Å². The van der Waals surface area contributed by atoms with Gasteiger partial charge in [-0.15, -0.1) is 0 Å². The van der Waals surface area contributed by atoms with E-state index >= 15 is 0 Å². The molecular weight excluding hydrogens is 720 g/mol. The van der Waals surface area contributed by atoms with E-state index in [0.717, 1.165) is 29.6 Å². The molecule has 0 N–H and O–H groups in total. The maximum Gasteiger partial charge on any atom is 0.0464 e. The van der Waals surface area contributed by atoms with Gasteiger partial charge < -0.3 is 0 Å². The largest absolute Gasteiger partial charge is 0.0838 e. The van der Waals surface area contributed by atoms with Crippen molar-refractivity contribution >= 4 is 59.4 Å². The van der Waals surface area contributed by atoms with E-state index in [0.29, 0.717) is 0 Å². The van der Waals surface area contributed by atoms with Crippen molar-refractivity contribution in [1.82, 2.24) is 0 Å². The summed E-state index contributed by atoms with van der Waals surface area (Å²) in [4.78, 5) is 0. The Morgan fingerprint density at radius 3 is 1.73 bits per heavy atom.